The van der Waals surface area contributed by atoms with Crippen LogP contribution in [0.4, 0.5) is 4.79 Å². The largest absolute Gasteiger partial charge is 0.508 e. The van der Waals surface area contributed by atoms with Gasteiger partial charge >= 0.3 is 6.09 Å². The van der Waals surface area contributed by atoms with E-state index < -0.39 is 12.0 Å². The number of phenols is 2. The van der Waals surface area contributed by atoms with Gasteiger partial charge in [0.05, 0.1) is 29.1 Å². The maximum atomic E-state index is 13.6. The smallest absolute Gasteiger partial charge is 0.404 e. The molecule has 0 spiro atoms. The number of carbonyl (C=O) groups excluding carboxylic acids is 2. The van der Waals surface area contributed by atoms with Crippen LogP contribution in [0.25, 0.3) is 22.5 Å². The number of aromatic hydroxyl groups is 2. The van der Waals surface area contributed by atoms with E-state index in [4.69, 9.17) is 19.7 Å². The van der Waals surface area contributed by atoms with Gasteiger partial charge in [0.15, 0.2) is 11.5 Å². The highest BCUT2D eigenvalue weighted by molar-refractivity contribution is 8.77. The highest BCUT2D eigenvalue weighted by Crippen LogP contribution is 2.43. The Morgan fingerprint density at radius 1 is 1.11 bits per heavy atom. The summed E-state index contributed by atoms with van der Waals surface area (Å²) in [6.07, 6.45) is -0.815. The van der Waals surface area contributed by atoms with E-state index in [1.165, 1.54) is 16.9 Å². The van der Waals surface area contributed by atoms with Crippen LogP contribution in [0.2, 0.25) is 0 Å². The molecule has 45 heavy (non-hydrogen) atoms. The third-order valence-corrected chi connectivity index (χ3v) is 11.0. The average molecular weight is 659 g/mol. The molecule has 1 aromatic heterocycles. The first-order chi connectivity index (χ1) is 21.3. The van der Waals surface area contributed by atoms with Crippen molar-refractivity contribution in [2.75, 3.05) is 39.5 Å². The van der Waals surface area contributed by atoms with Gasteiger partial charge in [-0.2, -0.15) is 0 Å². The van der Waals surface area contributed by atoms with E-state index in [9.17, 15) is 19.8 Å². The monoisotopic (exact) mass is 658 g/mol. The van der Waals surface area contributed by atoms with E-state index in [-0.39, 0.29) is 45.5 Å². The molecule has 11 nitrogen and oxygen atoms in total. The normalized spacial score (nSPS) is 14.8. The molecule has 1 aliphatic rings. The second-order valence-electron chi connectivity index (χ2n) is 12.0. The van der Waals surface area contributed by atoms with Crippen LogP contribution in [0, 0.1) is 0 Å². The number of nitrogens with two attached hydrogens (primary N) is 1. The number of ether oxygens (including phenoxy) is 2. The molecule has 1 unspecified atom stereocenters. The predicted octanol–water partition coefficient (Wildman–Crippen LogP) is 5.75. The lowest BCUT2D eigenvalue weighted by Crippen LogP contribution is -2.35. The number of hydrogen-bond donors (Lipinski definition) is 4. The summed E-state index contributed by atoms with van der Waals surface area (Å²) < 4.78 is 15.8. The second kappa shape index (κ2) is 15.3. The lowest BCUT2D eigenvalue weighted by molar-refractivity contribution is 0.0342. The lowest BCUT2D eigenvalue weighted by Gasteiger charge is -2.26. The fraction of sp³-hybridized carbons (Fsp3) is 0.469. The van der Waals surface area contributed by atoms with Crippen LogP contribution in [0.15, 0.2) is 40.9 Å². The number of carbonyl (C=O) groups is 2. The van der Waals surface area contributed by atoms with Crippen molar-refractivity contribution in [1.29, 1.82) is 0 Å². The first-order valence-electron chi connectivity index (χ1n) is 14.8. The molecule has 5 N–H and O–H groups in total. The van der Waals surface area contributed by atoms with Crippen molar-refractivity contribution >= 4 is 33.6 Å². The Morgan fingerprint density at radius 2 is 1.80 bits per heavy atom. The first kappa shape index (κ1) is 34.5. The summed E-state index contributed by atoms with van der Waals surface area (Å²) in [5.41, 5.74) is 8.41. The van der Waals surface area contributed by atoms with Gasteiger partial charge in [-0.3, -0.25) is 9.69 Å². The Labute approximate surface area is 271 Å². The fourth-order valence-corrected chi connectivity index (χ4v) is 7.07. The molecule has 1 fully saturated rings. The number of hydrogen-bond acceptors (Lipinski definition) is 11. The van der Waals surface area contributed by atoms with E-state index in [0.717, 1.165) is 25.2 Å². The van der Waals surface area contributed by atoms with Crippen LogP contribution < -0.4 is 11.1 Å². The highest BCUT2D eigenvalue weighted by Gasteiger charge is 2.28. The molecule has 2 heterocycles. The molecule has 2 aromatic carbocycles. The summed E-state index contributed by atoms with van der Waals surface area (Å²) in [5.74, 6) is -0.424. The van der Waals surface area contributed by atoms with Gasteiger partial charge in [-0.15, -0.1) is 0 Å². The van der Waals surface area contributed by atoms with Crippen LogP contribution in [0.1, 0.15) is 62.2 Å². The number of phenolic OH excluding ortho intramolecular Hbond substituents is 2. The lowest BCUT2D eigenvalue weighted by atomic mass is 9.94. The molecular formula is C32H42N4O7S2. The molecule has 0 saturated carbocycles. The summed E-state index contributed by atoms with van der Waals surface area (Å²) in [7, 11) is 3.09. The van der Waals surface area contributed by atoms with E-state index >= 15 is 0 Å². The zero-order valence-corrected chi connectivity index (χ0v) is 27.9. The molecule has 0 aliphatic carbocycles. The van der Waals surface area contributed by atoms with Crippen LogP contribution in [0.3, 0.4) is 0 Å². The van der Waals surface area contributed by atoms with Gasteiger partial charge in [-0.25, -0.2) is 4.79 Å². The van der Waals surface area contributed by atoms with Gasteiger partial charge in [0.1, 0.15) is 18.1 Å². The third-order valence-electron chi connectivity index (χ3n) is 7.22. The van der Waals surface area contributed by atoms with Crippen molar-refractivity contribution in [1.82, 2.24) is 15.4 Å². The Hall–Kier alpha value is -3.39. The number of primary amides is 1. The molecule has 4 rings (SSSR count). The number of aromatic nitrogens is 1. The van der Waals surface area contributed by atoms with Gasteiger partial charge < -0.3 is 35.3 Å². The number of nitrogens with zero attached hydrogens (tertiary/aromatic N) is 2. The molecular weight excluding hydrogens is 617 g/mol. The molecule has 244 valence electrons. The zero-order chi connectivity index (χ0) is 32.7. The van der Waals surface area contributed by atoms with Crippen LogP contribution >= 0.6 is 21.6 Å². The highest BCUT2D eigenvalue weighted by atomic mass is 33.1. The van der Waals surface area contributed by atoms with E-state index in [1.54, 1.807) is 16.9 Å². The Morgan fingerprint density at radius 3 is 2.44 bits per heavy atom. The molecule has 0 radical (unpaired) electrons. The summed E-state index contributed by atoms with van der Waals surface area (Å²) in [4.78, 5) is 26.9. The fourth-order valence-electron chi connectivity index (χ4n) is 4.76. The molecule has 1 saturated heterocycles. The van der Waals surface area contributed by atoms with Crippen molar-refractivity contribution in [3.05, 3.63) is 53.2 Å². The van der Waals surface area contributed by atoms with Crippen LogP contribution in [-0.2, 0) is 16.0 Å². The topological polar surface area (TPSA) is 160 Å². The minimum Gasteiger partial charge on any atom is -0.508 e. The number of nitrogens with one attached hydrogen (secondary N) is 1. The minimum atomic E-state index is -0.815. The minimum absolute atomic E-state index is 0.0100. The van der Waals surface area contributed by atoms with E-state index in [1.807, 2.05) is 58.9 Å². The number of rotatable bonds is 13. The number of morpholine rings is 1. The average Bonchev–Trinajstić information content (AvgIpc) is 3.44. The Bertz CT molecular complexity index is 1470. The summed E-state index contributed by atoms with van der Waals surface area (Å²) >= 11 is 0. The molecule has 1 aliphatic heterocycles. The van der Waals surface area contributed by atoms with E-state index in [2.05, 4.69) is 15.4 Å². The van der Waals surface area contributed by atoms with Gasteiger partial charge in [0.2, 0.25) is 0 Å². The van der Waals surface area contributed by atoms with Gasteiger partial charge in [0.25, 0.3) is 5.91 Å². The third kappa shape index (κ3) is 9.32. The van der Waals surface area contributed by atoms with Gasteiger partial charge in [0, 0.05) is 37.5 Å². The number of amides is 2. The Balaban J connectivity index is 1.59. The molecule has 1 atom stereocenters. The van der Waals surface area contributed by atoms with Gasteiger partial charge in [-0.05, 0) is 42.5 Å². The van der Waals surface area contributed by atoms with Gasteiger partial charge in [-0.1, -0.05) is 71.8 Å². The number of benzene rings is 2. The van der Waals surface area contributed by atoms with Crippen molar-refractivity contribution in [2.45, 2.75) is 57.1 Å². The van der Waals surface area contributed by atoms with Crippen molar-refractivity contribution in [3.8, 4) is 33.9 Å². The standard InChI is InChI=1S/C32H42N4O7S2/c1-19(2)23-14-24(26(38)15-25(23)37)29-27(22-8-6-21(7-9-22)17-36-10-12-41-13-11-36)28(35-43-29)30(39)34-16-20(3)44-45-32(4,5)18-42-31(33)40/h6-9,14-15,19-20,37-38H,10-13,16-18H2,1-5H3,(H2,33,40)(H,34,39). The molecule has 2 amide bonds. The zero-order valence-electron chi connectivity index (χ0n) is 26.3. The first-order valence-corrected chi connectivity index (χ1v) is 17.1. The van der Waals surface area contributed by atoms with Crippen molar-refractivity contribution in [3.63, 3.8) is 0 Å². The Kier molecular flexibility index (Phi) is 11.7. The summed E-state index contributed by atoms with van der Waals surface area (Å²) in [6.45, 7) is 14.2. The van der Waals surface area contributed by atoms with Crippen molar-refractivity contribution < 1.29 is 33.8 Å². The SMILES string of the molecule is CC(CNC(=O)c1noc(-c2cc(C(C)C)c(O)cc2O)c1-c1ccc(CN2CCOCC2)cc1)SSC(C)(C)COC(N)=O. The van der Waals surface area contributed by atoms with Crippen LogP contribution in [0.5, 0.6) is 11.5 Å². The molecule has 3 aromatic rings. The molecule has 13 heteroatoms. The van der Waals surface area contributed by atoms with Crippen molar-refractivity contribution in [2.24, 2.45) is 5.73 Å². The maximum Gasteiger partial charge on any atom is 0.404 e. The maximum absolute atomic E-state index is 13.6. The summed E-state index contributed by atoms with van der Waals surface area (Å²) in [5, 5.41) is 28.4. The summed E-state index contributed by atoms with van der Waals surface area (Å²) in [6, 6.07) is 10.8. The quantitative estimate of drug-likeness (QED) is 0.166. The second-order valence-corrected chi connectivity index (χ2v) is 15.3. The molecule has 0 bridgehead atoms. The van der Waals surface area contributed by atoms with E-state index in [0.29, 0.717) is 42.0 Å². The predicted molar refractivity (Wildman–Crippen MR) is 177 cm³/mol. The van der Waals surface area contributed by atoms with Crippen LogP contribution in [-0.4, -0.2) is 81.7 Å².